The minimum absolute atomic E-state index is 0.00432. The lowest BCUT2D eigenvalue weighted by molar-refractivity contribution is 0.0936. The van der Waals surface area contributed by atoms with Crippen LogP contribution in [0.15, 0.2) is 30.5 Å². The highest BCUT2D eigenvalue weighted by atomic mass is 32.2. The van der Waals surface area contributed by atoms with Gasteiger partial charge in [-0.25, -0.2) is 13.4 Å². The van der Waals surface area contributed by atoms with Crippen LogP contribution in [0.4, 0.5) is 11.4 Å². The molecule has 3 rings (SSSR count). The Hall–Kier alpha value is -2.41. The summed E-state index contributed by atoms with van der Waals surface area (Å²) in [4.78, 5) is 16.4. The molecule has 1 atom stereocenters. The van der Waals surface area contributed by atoms with Crippen molar-refractivity contribution in [1.29, 1.82) is 0 Å². The van der Waals surface area contributed by atoms with E-state index >= 15 is 0 Å². The Morgan fingerprint density at radius 2 is 1.85 bits per heavy atom. The van der Waals surface area contributed by atoms with E-state index in [4.69, 9.17) is 0 Å². The van der Waals surface area contributed by atoms with Crippen molar-refractivity contribution in [3.63, 3.8) is 0 Å². The van der Waals surface area contributed by atoms with E-state index in [2.05, 4.69) is 34.7 Å². The van der Waals surface area contributed by atoms with Crippen LogP contribution < -0.4 is 10.6 Å². The number of hydrogen-bond acceptors (Lipinski definition) is 5. The smallest absolute Gasteiger partial charge is 0.270 e. The largest absolute Gasteiger partial charge is 0.354 e. The number of anilines is 2. The van der Waals surface area contributed by atoms with Gasteiger partial charge in [-0.15, -0.1) is 0 Å². The minimum atomic E-state index is -3.02. The summed E-state index contributed by atoms with van der Waals surface area (Å²) in [6, 6.07) is 7.33. The van der Waals surface area contributed by atoms with Crippen LogP contribution in [0, 0.1) is 20.8 Å². The third kappa shape index (κ3) is 4.22. The number of rotatable bonds is 4. The molecule has 0 radical (unpaired) electrons. The molecule has 1 amide bonds. The number of benzene rings is 1. The summed E-state index contributed by atoms with van der Waals surface area (Å²) >= 11 is 0. The number of sulfone groups is 1. The Labute approximate surface area is 154 Å². The number of hydrogen-bond donors (Lipinski definition) is 2. The zero-order chi connectivity index (χ0) is 18.9. The van der Waals surface area contributed by atoms with Crippen LogP contribution in [-0.2, 0) is 9.84 Å². The number of nitrogens with one attached hydrogen (secondary N) is 2. The Bertz CT molecular complexity index is 914. The Kier molecular flexibility index (Phi) is 5.00. The lowest BCUT2D eigenvalue weighted by atomic mass is 10.0. The van der Waals surface area contributed by atoms with Crippen molar-refractivity contribution in [2.24, 2.45) is 0 Å². The molecule has 26 heavy (non-hydrogen) atoms. The molecule has 1 aliphatic rings. The number of nitrogens with zero attached hydrogens (tertiary/aromatic N) is 1. The van der Waals surface area contributed by atoms with Crippen molar-refractivity contribution in [3.8, 4) is 0 Å². The predicted molar refractivity (Wildman–Crippen MR) is 103 cm³/mol. The first-order valence-corrected chi connectivity index (χ1v) is 10.4. The van der Waals surface area contributed by atoms with E-state index in [0.717, 1.165) is 22.5 Å². The van der Waals surface area contributed by atoms with Crippen molar-refractivity contribution in [2.75, 3.05) is 16.8 Å². The summed E-state index contributed by atoms with van der Waals surface area (Å²) in [6.45, 7) is 6.16. The first kappa shape index (κ1) is 18.4. The Morgan fingerprint density at radius 3 is 2.38 bits per heavy atom. The molecule has 2 heterocycles. The van der Waals surface area contributed by atoms with E-state index in [9.17, 15) is 13.2 Å². The van der Waals surface area contributed by atoms with Crippen molar-refractivity contribution in [1.82, 2.24) is 10.3 Å². The summed E-state index contributed by atoms with van der Waals surface area (Å²) in [5.41, 5.74) is 5.60. The first-order chi connectivity index (χ1) is 12.2. The Morgan fingerprint density at radius 1 is 1.15 bits per heavy atom. The molecule has 1 aromatic carbocycles. The summed E-state index contributed by atoms with van der Waals surface area (Å²) in [5, 5.41) is 6.09. The number of carbonyl (C=O) groups is 1. The third-order valence-corrected chi connectivity index (χ3v) is 6.28. The fraction of sp³-hybridized carbons (Fsp3) is 0.368. The van der Waals surface area contributed by atoms with Crippen molar-refractivity contribution in [2.45, 2.75) is 33.2 Å². The molecule has 0 spiro atoms. The van der Waals surface area contributed by atoms with Crippen LogP contribution in [0.3, 0.4) is 0 Å². The average Bonchev–Trinajstić information content (AvgIpc) is 2.90. The number of aromatic nitrogens is 1. The summed E-state index contributed by atoms with van der Waals surface area (Å²) in [6.07, 6.45) is 2.07. The van der Waals surface area contributed by atoms with E-state index in [1.807, 2.05) is 13.8 Å². The molecule has 1 aromatic heterocycles. The van der Waals surface area contributed by atoms with Crippen LogP contribution in [0.2, 0.25) is 0 Å². The lowest BCUT2D eigenvalue weighted by Crippen LogP contribution is -2.36. The first-order valence-electron chi connectivity index (χ1n) is 8.56. The lowest BCUT2D eigenvalue weighted by Gasteiger charge is -2.14. The van der Waals surface area contributed by atoms with E-state index in [-0.39, 0.29) is 29.1 Å². The van der Waals surface area contributed by atoms with Crippen LogP contribution in [0.1, 0.15) is 33.6 Å². The maximum Gasteiger partial charge on any atom is 0.270 e. The second-order valence-corrected chi connectivity index (χ2v) is 9.13. The van der Waals surface area contributed by atoms with Gasteiger partial charge in [-0.1, -0.05) is 17.7 Å². The van der Waals surface area contributed by atoms with Crippen LogP contribution in [0.25, 0.3) is 0 Å². The molecule has 2 N–H and O–H groups in total. The standard InChI is InChI=1S/C19H23N3O3S/c1-12-8-13(2)18(14(3)9-12)21-15-4-5-17(20-10-15)19(23)22-16-6-7-26(24,25)11-16/h4-5,8-10,16,21H,6-7,11H2,1-3H3,(H,22,23). The fourth-order valence-corrected chi connectivity index (χ4v) is 4.97. The van der Waals surface area contributed by atoms with Crippen molar-refractivity contribution < 1.29 is 13.2 Å². The van der Waals surface area contributed by atoms with Gasteiger partial charge < -0.3 is 10.6 Å². The molecule has 0 saturated carbocycles. The van der Waals surface area contributed by atoms with E-state index in [0.29, 0.717) is 6.42 Å². The van der Waals surface area contributed by atoms with Gasteiger partial charge in [0.25, 0.3) is 5.91 Å². The summed E-state index contributed by atoms with van der Waals surface area (Å²) in [7, 11) is -3.02. The molecule has 0 bridgehead atoms. The molecular weight excluding hydrogens is 350 g/mol. The minimum Gasteiger partial charge on any atom is -0.354 e. The monoisotopic (exact) mass is 373 g/mol. The molecule has 7 heteroatoms. The summed E-state index contributed by atoms with van der Waals surface area (Å²) < 4.78 is 23.0. The van der Waals surface area contributed by atoms with Crippen LogP contribution in [-0.4, -0.2) is 36.9 Å². The average molecular weight is 373 g/mol. The maximum atomic E-state index is 12.2. The number of carbonyl (C=O) groups excluding carboxylic acids is 1. The molecule has 2 aromatic rings. The number of aryl methyl sites for hydroxylation is 3. The van der Waals surface area contributed by atoms with Gasteiger partial charge in [-0.05, 0) is 50.5 Å². The normalized spacial score (nSPS) is 18.5. The van der Waals surface area contributed by atoms with Gasteiger partial charge in [-0.3, -0.25) is 4.79 Å². The Balaban J connectivity index is 1.68. The molecule has 0 aliphatic carbocycles. The highest BCUT2D eigenvalue weighted by Crippen LogP contribution is 2.25. The van der Waals surface area contributed by atoms with Gasteiger partial charge in [0.1, 0.15) is 5.69 Å². The topological polar surface area (TPSA) is 88.2 Å². The molecule has 1 fully saturated rings. The third-order valence-electron chi connectivity index (χ3n) is 4.51. The number of amides is 1. The highest BCUT2D eigenvalue weighted by molar-refractivity contribution is 7.91. The van der Waals surface area contributed by atoms with Gasteiger partial charge in [0.15, 0.2) is 9.84 Å². The van der Waals surface area contributed by atoms with Gasteiger partial charge in [0.05, 0.1) is 23.4 Å². The van der Waals surface area contributed by atoms with E-state index in [1.165, 1.54) is 5.56 Å². The zero-order valence-corrected chi connectivity index (χ0v) is 16.0. The zero-order valence-electron chi connectivity index (χ0n) is 15.2. The van der Waals surface area contributed by atoms with Gasteiger partial charge in [0, 0.05) is 11.7 Å². The predicted octanol–water partition coefficient (Wildman–Crippen LogP) is 2.67. The second kappa shape index (κ2) is 7.07. The van der Waals surface area contributed by atoms with Gasteiger partial charge in [0.2, 0.25) is 0 Å². The van der Waals surface area contributed by atoms with Crippen molar-refractivity contribution in [3.05, 3.63) is 52.8 Å². The highest BCUT2D eigenvalue weighted by Gasteiger charge is 2.29. The van der Waals surface area contributed by atoms with Gasteiger partial charge >= 0.3 is 0 Å². The fourth-order valence-electron chi connectivity index (χ4n) is 3.29. The maximum absolute atomic E-state index is 12.2. The van der Waals surface area contributed by atoms with Gasteiger partial charge in [-0.2, -0.15) is 0 Å². The number of pyridine rings is 1. The molecule has 1 aliphatic heterocycles. The SMILES string of the molecule is Cc1cc(C)c(Nc2ccc(C(=O)NC3CCS(=O)(=O)C3)nc2)c(C)c1. The molecule has 138 valence electrons. The molecule has 1 saturated heterocycles. The van der Waals surface area contributed by atoms with Crippen LogP contribution >= 0.6 is 0 Å². The molecule has 1 unspecified atom stereocenters. The quantitative estimate of drug-likeness (QED) is 0.860. The molecular formula is C19H23N3O3S. The second-order valence-electron chi connectivity index (χ2n) is 6.90. The van der Waals surface area contributed by atoms with Crippen LogP contribution in [0.5, 0.6) is 0 Å². The molecule has 6 nitrogen and oxygen atoms in total. The van der Waals surface area contributed by atoms with Crippen molar-refractivity contribution >= 4 is 27.1 Å². The summed E-state index contributed by atoms with van der Waals surface area (Å²) in [5.74, 6) is -0.213. The van der Waals surface area contributed by atoms with E-state index in [1.54, 1.807) is 18.3 Å². The van der Waals surface area contributed by atoms with E-state index < -0.39 is 9.84 Å².